The van der Waals surface area contributed by atoms with Crippen molar-refractivity contribution in [1.82, 2.24) is 5.32 Å². The first kappa shape index (κ1) is 13.5. The number of hydrogen-bond acceptors (Lipinski definition) is 3. The molecule has 0 aliphatic carbocycles. The molecule has 1 aromatic heterocycles. The molecule has 1 aromatic rings. The summed E-state index contributed by atoms with van der Waals surface area (Å²) < 4.78 is 1.70. The molecule has 0 aromatic carbocycles. The van der Waals surface area contributed by atoms with E-state index >= 15 is 0 Å². The molecule has 1 heterocycles. The van der Waals surface area contributed by atoms with Crippen LogP contribution in [0.5, 0.6) is 0 Å². The minimum Gasteiger partial charge on any atom is -0.392 e. The van der Waals surface area contributed by atoms with E-state index < -0.39 is 6.10 Å². The minimum absolute atomic E-state index is 0.289. The van der Waals surface area contributed by atoms with E-state index in [2.05, 4.69) is 21.2 Å². The highest BCUT2D eigenvalue weighted by Gasteiger charge is 2.23. The average Bonchev–Trinajstić information content (AvgIpc) is 2.43. The van der Waals surface area contributed by atoms with Crippen LogP contribution in [-0.4, -0.2) is 16.7 Å². The molecule has 5 heteroatoms. The molecular formula is C10H15BrClNOS. The van der Waals surface area contributed by atoms with Crippen LogP contribution in [0, 0.1) is 0 Å². The summed E-state index contributed by atoms with van der Waals surface area (Å²) in [6.45, 7) is 6.45. The van der Waals surface area contributed by atoms with E-state index in [1.807, 2.05) is 19.9 Å². The van der Waals surface area contributed by atoms with Crippen LogP contribution in [-0.2, 0) is 6.54 Å². The van der Waals surface area contributed by atoms with Crippen molar-refractivity contribution in [3.05, 3.63) is 19.8 Å². The predicted molar refractivity (Wildman–Crippen MR) is 69.6 cm³/mol. The van der Waals surface area contributed by atoms with Gasteiger partial charge >= 0.3 is 0 Å². The van der Waals surface area contributed by atoms with Gasteiger partial charge < -0.3 is 10.4 Å². The van der Waals surface area contributed by atoms with Crippen molar-refractivity contribution in [2.45, 2.75) is 39.0 Å². The molecule has 0 aliphatic heterocycles. The highest BCUT2D eigenvalue weighted by Crippen LogP contribution is 2.32. The van der Waals surface area contributed by atoms with Crippen molar-refractivity contribution >= 4 is 38.9 Å². The Labute approximate surface area is 108 Å². The van der Waals surface area contributed by atoms with Crippen molar-refractivity contribution in [2.75, 3.05) is 0 Å². The van der Waals surface area contributed by atoms with Gasteiger partial charge in [-0.1, -0.05) is 11.6 Å². The Balaban J connectivity index is 2.57. The molecule has 0 aliphatic rings. The Morgan fingerprint density at radius 1 is 1.67 bits per heavy atom. The van der Waals surface area contributed by atoms with Crippen LogP contribution < -0.4 is 5.32 Å². The highest BCUT2D eigenvalue weighted by atomic mass is 79.9. The first-order chi connectivity index (χ1) is 6.83. The SMILES string of the molecule is CC(O)C(C)(C)NCc1cc(Br)c(Cl)s1. The summed E-state index contributed by atoms with van der Waals surface area (Å²) in [5, 5.41) is 12.8. The molecule has 1 atom stereocenters. The molecule has 0 saturated heterocycles. The van der Waals surface area contributed by atoms with Crippen LogP contribution in [0.2, 0.25) is 4.34 Å². The summed E-state index contributed by atoms with van der Waals surface area (Å²) >= 11 is 10.8. The van der Waals surface area contributed by atoms with E-state index in [0.717, 1.165) is 13.7 Å². The molecule has 15 heavy (non-hydrogen) atoms. The number of nitrogens with one attached hydrogen (secondary N) is 1. The summed E-state index contributed by atoms with van der Waals surface area (Å²) in [5.74, 6) is 0. The van der Waals surface area contributed by atoms with Crippen molar-refractivity contribution in [1.29, 1.82) is 0 Å². The van der Waals surface area contributed by atoms with Crippen molar-refractivity contribution in [3.8, 4) is 0 Å². The summed E-state index contributed by atoms with van der Waals surface area (Å²) in [4.78, 5) is 1.15. The Kier molecular flexibility index (Phi) is 4.62. The fraction of sp³-hybridized carbons (Fsp3) is 0.600. The van der Waals surface area contributed by atoms with Crippen molar-refractivity contribution < 1.29 is 5.11 Å². The molecule has 1 rings (SSSR count). The number of hydrogen-bond donors (Lipinski definition) is 2. The van der Waals surface area contributed by atoms with Gasteiger partial charge in [-0.3, -0.25) is 0 Å². The maximum Gasteiger partial charge on any atom is 0.107 e. The van der Waals surface area contributed by atoms with Crippen molar-refractivity contribution in [2.24, 2.45) is 0 Å². The van der Waals surface area contributed by atoms with Gasteiger partial charge in [0.15, 0.2) is 0 Å². The van der Waals surface area contributed by atoms with Gasteiger partial charge in [-0.2, -0.15) is 0 Å². The van der Waals surface area contributed by atoms with Crippen LogP contribution in [0.15, 0.2) is 10.5 Å². The van der Waals surface area contributed by atoms with Crippen LogP contribution in [0.3, 0.4) is 0 Å². The fourth-order valence-electron chi connectivity index (χ4n) is 0.941. The second-order valence-electron chi connectivity index (χ2n) is 4.09. The third-order valence-electron chi connectivity index (χ3n) is 2.46. The lowest BCUT2D eigenvalue weighted by atomic mass is 9.99. The van der Waals surface area contributed by atoms with Gasteiger partial charge in [0, 0.05) is 21.4 Å². The average molecular weight is 313 g/mol. The van der Waals surface area contributed by atoms with Crippen molar-refractivity contribution in [3.63, 3.8) is 0 Å². The molecule has 0 amide bonds. The summed E-state index contributed by atoms with van der Waals surface area (Å²) in [6, 6.07) is 2.00. The zero-order valence-electron chi connectivity index (χ0n) is 8.97. The fourth-order valence-corrected chi connectivity index (χ4v) is 2.67. The van der Waals surface area contributed by atoms with Gasteiger partial charge in [0.1, 0.15) is 4.34 Å². The largest absolute Gasteiger partial charge is 0.392 e. The van der Waals surface area contributed by atoms with E-state index in [1.54, 1.807) is 18.3 Å². The smallest absolute Gasteiger partial charge is 0.107 e. The zero-order valence-corrected chi connectivity index (χ0v) is 12.1. The van der Waals surface area contributed by atoms with Gasteiger partial charge in [-0.15, -0.1) is 11.3 Å². The maximum atomic E-state index is 9.52. The van der Waals surface area contributed by atoms with Crippen LogP contribution in [0.4, 0.5) is 0 Å². The van der Waals surface area contributed by atoms with Gasteiger partial charge in [-0.05, 0) is 42.8 Å². The Morgan fingerprint density at radius 2 is 2.27 bits per heavy atom. The molecule has 0 bridgehead atoms. The first-order valence-electron chi connectivity index (χ1n) is 4.69. The number of rotatable bonds is 4. The zero-order chi connectivity index (χ0) is 11.6. The maximum absolute atomic E-state index is 9.52. The van der Waals surface area contributed by atoms with Gasteiger partial charge in [0.2, 0.25) is 0 Å². The molecular weight excluding hydrogens is 298 g/mol. The van der Waals surface area contributed by atoms with E-state index in [9.17, 15) is 5.11 Å². The summed E-state index contributed by atoms with van der Waals surface area (Å²) in [5.41, 5.74) is -0.289. The van der Waals surface area contributed by atoms with E-state index in [-0.39, 0.29) is 5.54 Å². The number of aliphatic hydroxyl groups excluding tert-OH is 1. The lowest BCUT2D eigenvalue weighted by molar-refractivity contribution is 0.0958. The molecule has 0 saturated carbocycles. The molecule has 0 radical (unpaired) electrons. The number of thiophene rings is 1. The highest BCUT2D eigenvalue weighted by molar-refractivity contribution is 9.10. The number of aliphatic hydroxyl groups is 1. The Morgan fingerprint density at radius 3 is 2.67 bits per heavy atom. The van der Waals surface area contributed by atoms with E-state index in [1.165, 1.54) is 0 Å². The van der Waals surface area contributed by atoms with Crippen LogP contribution >= 0.6 is 38.9 Å². The lowest BCUT2D eigenvalue weighted by Gasteiger charge is -2.29. The standard InChI is InChI=1S/C10H15BrClNOS/c1-6(14)10(2,3)13-5-7-4-8(11)9(12)15-7/h4,6,13-14H,5H2,1-3H3. The monoisotopic (exact) mass is 311 g/mol. The van der Waals surface area contributed by atoms with Crippen LogP contribution in [0.1, 0.15) is 25.6 Å². The predicted octanol–water partition coefficient (Wildman–Crippen LogP) is 3.41. The third-order valence-corrected chi connectivity index (χ3v) is 4.93. The first-order valence-corrected chi connectivity index (χ1v) is 6.68. The number of halogens is 2. The second kappa shape index (κ2) is 5.15. The Bertz CT molecular complexity index is 319. The molecule has 86 valence electrons. The third kappa shape index (κ3) is 3.71. The normalized spacial score (nSPS) is 14.3. The quantitative estimate of drug-likeness (QED) is 0.893. The molecule has 1 unspecified atom stereocenters. The van der Waals surface area contributed by atoms with E-state index in [4.69, 9.17) is 11.6 Å². The van der Waals surface area contributed by atoms with E-state index in [0.29, 0.717) is 6.54 Å². The summed E-state index contributed by atoms with van der Waals surface area (Å²) in [6.07, 6.45) is -0.392. The molecule has 2 nitrogen and oxygen atoms in total. The van der Waals surface area contributed by atoms with Gasteiger partial charge in [-0.25, -0.2) is 0 Å². The molecule has 0 spiro atoms. The van der Waals surface area contributed by atoms with Gasteiger partial charge in [0.25, 0.3) is 0 Å². The van der Waals surface area contributed by atoms with Crippen LogP contribution in [0.25, 0.3) is 0 Å². The lowest BCUT2D eigenvalue weighted by Crippen LogP contribution is -2.47. The molecule has 0 fully saturated rings. The second-order valence-corrected chi connectivity index (χ2v) is 6.68. The molecule has 2 N–H and O–H groups in total. The van der Waals surface area contributed by atoms with Gasteiger partial charge in [0.05, 0.1) is 6.10 Å². The minimum atomic E-state index is -0.392. The summed E-state index contributed by atoms with van der Waals surface area (Å²) in [7, 11) is 0. The topological polar surface area (TPSA) is 32.3 Å². The Hall–Kier alpha value is 0.390.